The highest BCUT2D eigenvalue weighted by Gasteiger charge is 2.17. The van der Waals surface area contributed by atoms with Gasteiger partial charge in [-0.3, -0.25) is 4.90 Å². The van der Waals surface area contributed by atoms with E-state index in [2.05, 4.69) is 26.9 Å². The highest BCUT2D eigenvalue weighted by atomic mass is 35.5. The molecule has 2 rings (SSSR count). The molecule has 0 bridgehead atoms. The van der Waals surface area contributed by atoms with E-state index in [1.54, 1.807) is 7.11 Å². The van der Waals surface area contributed by atoms with Gasteiger partial charge in [-0.2, -0.15) is 0 Å². The fourth-order valence-corrected chi connectivity index (χ4v) is 2.72. The van der Waals surface area contributed by atoms with Crippen molar-refractivity contribution in [3.63, 3.8) is 0 Å². The highest BCUT2D eigenvalue weighted by Crippen LogP contribution is 2.18. The minimum absolute atomic E-state index is 0. The van der Waals surface area contributed by atoms with Gasteiger partial charge < -0.3 is 15.4 Å². The monoisotopic (exact) mass is 328 g/mol. The molecule has 1 aliphatic heterocycles. The van der Waals surface area contributed by atoms with E-state index in [0.717, 1.165) is 51.1 Å². The predicted molar refractivity (Wildman–Crippen MR) is 93.7 cm³/mol. The molecule has 126 valence electrons. The summed E-state index contributed by atoms with van der Waals surface area (Å²) in [7, 11) is 3.76. The number of pyridine rings is 1. The van der Waals surface area contributed by atoms with Gasteiger partial charge in [0.1, 0.15) is 5.82 Å². The van der Waals surface area contributed by atoms with Crippen molar-refractivity contribution in [2.75, 3.05) is 51.8 Å². The molecule has 1 aromatic rings. The number of hydrogen-bond donors (Lipinski definition) is 1. The fraction of sp³-hybridized carbons (Fsp3) is 0.688. The minimum Gasteiger partial charge on any atom is -0.383 e. The number of piperidine rings is 1. The van der Waals surface area contributed by atoms with Gasteiger partial charge in [-0.05, 0) is 50.0 Å². The van der Waals surface area contributed by atoms with Gasteiger partial charge in [0.05, 0.1) is 6.61 Å². The molecular formula is C16H29ClN4O. The van der Waals surface area contributed by atoms with E-state index in [1.807, 2.05) is 13.2 Å². The van der Waals surface area contributed by atoms with Crippen molar-refractivity contribution in [2.24, 2.45) is 11.7 Å². The molecule has 0 radical (unpaired) electrons. The van der Waals surface area contributed by atoms with Gasteiger partial charge in [0.15, 0.2) is 0 Å². The first-order valence-corrected chi connectivity index (χ1v) is 7.80. The zero-order chi connectivity index (χ0) is 15.1. The van der Waals surface area contributed by atoms with Crippen LogP contribution in [0, 0.1) is 5.92 Å². The zero-order valence-corrected chi connectivity index (χ0v) is 14.5. The number of nitrogens with zero attached hydrogens (tertiary/aromatic N) is 3. The average molecular weight is 329 g/mol. The molecule has 1 saturated heterocycles. The molecule has 1 aliphatic rings. The van der Waals surface area contributed by atoms with Crippen LogP contribution in [0.3, 0.4) is 0 Å². The Morgan fingerprint density at radius 2 is 2.09 bits per heavy atom. The Kier molecular flexibility index (Phi) is 8.71. The third kappa shape index (κ3) is 5.72. The number of aromatic nitrogens is 1. The molecule has 22 heavy (non-hydrogen) atoms. The molecule has 2 N–H and O–H groups in total. The lowest BCUT2D eigenvalue weighted by Crippen LogP contribution is -2.35. The third-order valence-corrected chi connectivity index (χ3v) is 4.28. The molecular weight excluding hydrogens is 300 g/mol. The molecule has 0 amide bonds. The second kappa shape index (κ2) is 10.0. The summed E-state index contributed by atoms with van der Waals surface area (Å²) >= 11 is 0. The molecule has 0 unspecified atom stereocenters. The Labute approximate surface area is 140 Å². The van der Waals surface area contributed by atoms with E-state index in [-0.39, 0.29) is 12.4 Å². The van der Waals surface area contributed by atoms with E-state index in [9.17, 15) is 0 Å². The largest absolute Gasteiger partial charge is 0.383 e. The van der Waals surface area contributed by atoms with Crippen molar-refractivity contribution in [1.82, 2.24) is 9.88 Å². The number of likely N-dealkylation sites (tertiary alicyclic amines) is 1. The van der Waals surface area contributed by atoms with Crippen LogP contribution >= 0.6 is 12.4 Å². The number of likely N-dealkylation sites (N-methyl/N-ethyl adjacent to an activating group) is 1. The summed E-state index contributed by atoms with van der Waals surface area (Å²) in [5, 5.41) is 0. The number of hydrogen-bond acceptors (Lipinski definition) is 5. The van der Waals surface area contributed by atoms with Crippen molar-refractivity contribution in [3.8, 4) is 0 Å². The number of rotatable bonds is 7. The molecule has 0 saturated carbocycles. The Bertz CT molecular complexity index is 407. The Hall–Kier alpha value is -0.880. The maximum absolute atomic E-state index is 5.74. The molecule has 1 aromatic heterocycles. The quantitative estimate of drug-likeness (QED) is 0.826. The van der Waals surface area contributed by atoms with Crippen LogP contribution in [-0.2, 0) is 11.3 Å². The molecule has 2 heterocycles. The number of nitrogens with two attached hydrogens (primary N) is 1. The molecule has 0 spiro atoms. The van der Waals surface area contributed by atoms with Crippen LogP contribution in [0.25, 0.3) is 0 Å². The SMILES string of the molecule is COCCN(C)c1ccc(CN2CCC(CN)CC2)cn1.Cl. The zero-order valence-electron chi connectivity index (χ0n) is 13.7. The van der Waals surface area contributed by atoms with Gasteiger partial charge in [-0.1, -0.05) is 6.07 Å². The second-order valence-electron chi connectivity index (χ2n) is 5.89. The smallest absolute Gasteiger partial charge is 0.128 e. The van der Waals surface area contributed by atoms with E-state index in [4.69, 9.17) is 10.5 Å². The lowest BCUT2D eigenvalue weighted by atomic mass is 9.97. The summed E-state index contributed by atoms with van der Waals surface area (Å²) in [4.78, 5) is 9.16. The Balaban J connectivity index is 0.00000242. The van der Waals surface area contributed by atoms with Crippen molar-refractivity contribution >= 4 is 18.2 Å². The Morgan fingerprint density at radius 1 is 1.36 bits per heavy atom. The molecule has 6 heteroatoms. The summed E-state index contributed by atoms with van der Waals surface area (Å²) in [6.45, 7) is 5.70. The van der Waals surface area contributed by atoms with E-state index in [1.165, 1.54) is 18.4 Å². The molecule has 1 fully saturated rings. The predicted octanol–water partition coefficient (Wildman–Crippen LogP) is 1.76. The lowest BCUT2D eigenvalue weighted by Gasteiger charge is -2.31. The van der Waals surface area contributed by atoms with Crippen LogP contribution in [0.2, 0.25) is 0 Å². The first-order chi connectivity index (χ1) is 10.2. The van der Waals surface area contributed by atoms with Gasteiger partial charge in [0, 0.05) is 33.4 Å². The Morgan fingerprint density at radius 3 is 2.64 bits per heavy atom. The summed E-state index contributed by atoms with van der Waals surface area (Å²) in [5.74, 6) is 1.72. The fourth-order valence-electron chi connectivity index (χ4n) is 2.72. The van der Waals surface area contributed by atoms with Crippen LogP contribution in [-0.4, -0.2) is 56.8 Å². The molecule has 0 aromatic carbocycles. The number of anilines is 1. The van der Waals surface area contributed by atoms with Crippen LogP contribution in [0.5, 0.6) is 0 Å². The topological polar surface area (TPSA) is 54.6 Å². The number of ether oxygens (including phenoxy) is 1. The van der Waals surface area contributed by atoms with Gasteiger partial charge in [-0.15, -0.1) is 12.4 Å². The van der Waals surface area contributed by atoms with Crippen LogP contribution < -0.4 is 10.6 Å². The van der Waals surface area contributed by atoms with Gasteiger partial charge in [0.25, 0.3) is 0 Å². The van der Waals surface area contributed by atoms with Gasteiger partial charge in [-0.25, -0.2) is 4.98 Å². The summed E-state index contributed by atoms with van der Waals surface area (Å²) < 4.78 is 5.09. The normalized spacial score (nSPS) is 16.3. The summed E-state index contributed by atoms with van der Waals surface area (Å²) in [6, 6.07) is 4.28. The maximum Gasteiger partial charge on any atom is 0.128 e. The van der Waals surface area contributed by atoms with Crippen LogP contribution in [0.1, 0.15) is 18.4 Å². The van der Waals surface area contributed by atoms with E-state index in [0.29, 0.717) is 0 Å². The van der Waals surface area contributed by atoms with Crippen molar-refractivity contribution in [3.05, 3.63) is 23.9 Å². The van der Waals surface area contributed by atoms with E-state index >= 15 is 0 Å². The maximum atomic E-state index is 5.74. The standard InChI is InChI=1S/C16H28N4O.ClH/c1-19(9-10-21-2)16-4-3-15(12-18-16)13-20-7-5-14(11-17)6-8-20;/h3-4,12,14H,5-11,13,17H2,1-2H3;1H. The van der Waals surface area contributed by atoms with E-state index < -0.39 is 0 Å². The van der Waals surface area contributed by atoms with Crippen molar-refractivity contribution in [2.45, 2.75) is 19.4 Å². The molecule has 5 nitrogen and oxygen atoms in total. The van der Waals surface area contributed by atoms with Gasteiger partial charge in [0.2, 0.25) is 0 Å². The molecule has 0 aliphatic carbocycles. The first kappa shape index (κ1) is 19.2. The van der Waals surface area contributed by atoms with Crippen molar-refractivity contribution < 1.29 is 4.74 Å². The lowest BCUT2D eigenvalue weighted by molar-refractivity contribution is 0.180. The first-order valence-electron chi connectivity index (χ1n) is 7.80. The summed E-state index contributed by atoms with van der Waals surface area (Å²) in [5.41, 5.74) is 7.02. The third-order valence-electron chi connectivity index (χ3n) is 4.28. The second-order valence-corrected chi connectivity index (χ2v) is 5.89. The molecule has 0 atom stereocenters. The van der Waals surface area contributed by atoms with Gasteiger partial charge >= 0.3 is 0 Å². The minimum atomic E-state index is 0. The number of halogens is 1. The number of methoxy groups -OCH3 is 1. The summed E-state index contributed by atoms with van der Waals surface area (Å²) in [6.07, 6.45) is 4.44. The average Bonchev–Trinajstić information content (AvgIpc) is 2.54. The van der Waals surface area contributed by atoms with Crippen molar-refractivity contribution in [1.29, 1.82) is 0 Å². The van der Waals surface area contributed by atoms with Crippen LogP contribution in [0.15, 0.2) is 18.3 Å². The van der Waals surface area contributed by atoms with Crippen LogP contribution in [0.4, 0.5) is 5.82 Å². The highest BCUT2D eigenvalue weighted by molar-refractivity contribution is 5.85.